The van der Waals surface area contributed by atoms with Gasteiger partial charge in [-0.3, -0.25) is 4.79 Å². The molecule has 0 aliphatic carbocycles. The van der Waals surface area contributed by atoms with Crippen LogP contribution in [0, 0.1) is 0 Å². The zero-order valence-electron chi connectivity index (χ0n) is 9.70. The van der Waals surface area contributed by atoms with Gasteiger partial charge in [-0.05, 0) is 40.0 Å². The number of rotatable bonds is 6. The highest BCUT2D eigenvalue weighted by Crippen LogP contribution is 2.25. The molecule has 1 aromatic rings. The molecule has 1 aromatic carbocycles. The van der Waals surface area contributed by atoms with Crippen LogP contribution in [-0.4, -0.2) is 24.2 Å². The fraction of sp³-hybridized carbons (Fsp3) is 0.417. The summed E-state index contributed by atoms with van der Waals surface area (Å²) in [6.45, 7) is 2.63. The minimum absolute atomic E-state index is 0.00291. The van der Waals surface area contributed by atoms with E-state index in [2.05, 4.69) is 21.2 Å². The minimum atomic E-state index is -0.134. The number of amides is 1. The average Bonchev–Trinajstić information content (AvgIpc) is 2.34. The first-order valence-electron chi connectivity index (χ1n) is 5.46. The summed E-state index contributed by atoms with van der Waals surface area (Å²) < 4.78 is 6.08. The number of benzene rings is 1. The largest absolute Gasteiger partial charge is 0.483 e. The van der Waals surface area contributed by atoms with Crippen LogP contribution in [0.5, 0.6) is 5.75 Å². The quantitative estimate of drug-likeness (QED) is 0.843. The molecule has 0 fully saturated rings. The highest BCUT2D eigenvalue weighted by molar-refractivity contribution is 9.10. The molecule has 94 valence electrons. The molecule has 1 rings (SSSR count). The molecule has 1 amide bonds. The first-order valence-corrected chi connectivity index (χ1v) is 6.25. The predicted molar refractivity (Wildman–Crippen MR) is 68.9 cm³/mol. The topological polar surface area (TPSA) is 58.6 Å². The summed E-state index contributed by atoms with van der Waals surface area (Å²) in [6, 6.07) is 5.24. The van der Waals surface area contributed by atoms with Gasteiger partial charge in [0, 0.05) is 6.54 Å². The molecule has 4 nitrogen and oxygen atoms in total. The molecule has 0 aromatic heterocycles. The number of nitrogens with one attached hydrogen (secondary N) is 1. The van der Waals surface area contributed by atoms with Gasteiger partial charge in [-0.25, -0.2) is 0 Å². The maximum atomic E-state index is 11.3. The standard InChI is InChI=1S/C12H16BrNO3/c1-2-5-14-12(16)8-17-11-4-3-9(7-15)6-10(11)13/h3-4,6,15H,2,5,7-8H2,1H3,(H,14,16). The van der Waals surface area contributed by atoms with Crippen LogP contribution in [0.3, 0.4) is 0 Å². The van der Waals surface area contributed by atoms with Gasteiger partial charge in [-0.1, -0.05) is 13.0 Å². The van der Waals surface area contributed by atoms with Gasteiger partial charge < -0.3 is 15.2 Å². The van der Waals surface area contributed by atoms with Crippen molar-refractivity contribution in [3.63, 3.8) is 0 Å². The van der Waals surface area contributed by atoms with Gasteiger partial charge in [0.15, 0.2) is 6.61 Å². The fourth-order valence-corrected chi connectivity index (χ4v) is 1.76. The fourth-order valence-electron chi connectivity index (χ4n) is 1.22. The van der Waals surface area contributed by atoms with E-state index in [0.717, 1.165) is 16.5 Å². The zero-order valence-corrected chi connectivity index (χ0v) is 11.3. The Balaban J connectivity index is 2.49. The van der Waals surface area contributed by atoms with Crippen LogP contribution in [-0.2, 0) is 11.4 Å². The number of aliphatic hydroxyl groups excluding tert-OH is 1. The van der Waals surface area contributed by atoms with Crippen LogP contribution < -0.4 is 10.1 Å². The van der Waals surface area contributed by atoms with Gasteiger partial charge in [-0.2, -0.15) is 0 Å². The molecular formula is C12H16BrNO3. The number of halogens is 1. The van der Waals surface area contributed by atoms with Crippen molar-refractivity contribution in [2.45, 2.75) is 20.0 Å². The molecule has 2 N–H and O–H groups in total. The van der Waals surface area contributed by atoms with Crippen molar-refractivity contribution in [1.29, 1.82) is 0 Å². The lowest BCUT2D eigenvalue weighted by Crippen LogP contribution is -2.29. The second-order valence-electron chi connectivity index (χ2n) is 3.56. The van der Waals surface area contributed by atoms with Crippen LogP contribution in [0.15, 0.2) is 22.7 Å². The predicted octanol–water partition coefficient (Wildman–Crippen LogP) is 1.85. The Morgan fingerprint density at radius 2 is 2.29 bits per heavy atom. The number of hydrogen-bond acceptors (Lipinski definition) is 3. The molecule has 0 bridgehead atoms. The van der Waals surface area contributed by atoms with Gasteiger partial charge in [0.2, 0.25) is 0 Å². The van der Waals surface area contributed by atoms with Crippen molar-refractivity contribution in [2.75, 3.05) is 13.2 Å². The molecule has 0 radical (unpaired) electrons. The van der Waals surface area contributed by atoms with Crippen LogP contribution in [0.4, 0.5) is 0 Å². The summed E-state index contributed by atoms with van der Waals surface area (Å²) in [5.74, 6) is 0.457. The van der Waals surface area contributed by atoms with E-state index in [4.69, 9.17) is 9.84 Å². The first-order chi connectivity index (χ1) is 8.17. The van der Waals surface area contributed by atoms with E-state index in [9.17, 15) is 4.79 Å². The van der Waals surface area contributed by atoms with Gasteiger partial charge in [0.25, 0.3) is 5.91 Å². The molecule has 5 heteroatoms. The maximum Gasteiger partial charge on any atom is 0.257 e. The van der Waals surface area contributed by atoms with Crippen LogP contribution in [0.25, 0.3) is 0 Å². The first kappa shape index (κ1) is 14.0. The molecule has 0 aliphatic heterocycles. The van der Waals surface area contributed by atoms with E-state index >= 15 is 0 Å². The molecule has 0 unspecified atom stereocenters. The normalized spacial score (nSPS) is 10.1. The highest BCUT2D eigenvalue weighted by Gasteiger charge is 2.05. The third-order valence-electron chi connectivity index (χ3n) is 2.11. The van der Waals surface area contributed by atoms with E-state index in [0.29, 0.717) is 12.3 Å². The molecule has 0 aliphatic rings. The second kappa shape index (κ2) is 7.29. The van der Waals surface area contributed by atoms with Crippen LogP contribution in [0.1, 0.15) is 18.9 Å². The molecule has 0 heterocycles. The number of ether oxygens (including phenoxy) is 1. The van der Waals surface area contributed by atoms with E-state index in [1.807, 2.05) is 6.92 Å². The summed E-state index contributed by atoms with van der Waals surface area (Å²) in [4.78, 5) is 11.3. The molecule has 17 heavy (non-hydrogen) atoms. The lowest BCUT2D eigenvalue weighted by molar-refractivity contribution is -0.123. The van der Waals surface area contributed by atoms with Gasteiger partial charge in [0.1, 0.15) is 5.75 Å². The van der Waals surface area contributed by atoms with Crippen molar-refractivity contribution in [1.82, 2.24) is 5.32 Å². The number of carbonyl (C=O) groups excluding carboxylic acids is 1. The second-order valence-corrected chi connectivity index (χ2v) is 4.42. The minimum Gasteiger partial charge on any atom is -0.483 e. The Morgan fingerprint density at radius 1 is 1.53 bits per heavy atom. The Bertz CT molecular complexity index is 382. The summed E-state index contributed by atoms with van der Waals surface area (Å²) in [5, 5.41) is 11.7. The third kappa shape index (κ3) is 4.75. The molecule has 0 saturated heterocycles. The molecule has 0 atom stereocenters. The van der Waals surface area contributed by atoms with Crippen molar-refractivity contribution < 1.29 is 14.6 Å². The maximum absolute atomic E-state index is 11.3. The highest BCUT2D eigenvalue weighted by atomic mass is 79.9. The van der Waals surface area contributed by atoms with Crippen LogP contribution >= 0.6 is 15.9 Å². The van der Waals surface area contributed by atoms with E-state index in [1.165, 1.54) is 0 Å². The lowest BCUT2D eigenvalue weighted by Gasteiger charge is -2.09. The number of hydrogen-bond donors (Lipinski definition) is 2. The Morgan fingerprint density at radius 3 is 2.88 bits per heavy atom. The SMILES string of the molecule is CCCNC(=O)COc1ccc(CO)cc1Br. The lowest BCUT2D eigenvalue weighted by atomic mass is 10.2. The average molecular weight is 302 g/mol. The number of aliphatic hydroxyl groups is 1. The van der Waals surface area contributed by atoms with Gasteiger partial charge >= 0.3 is 0 Å². The molecular weight excluding hydrogens is 286 g/mol. The summed E-state index contributed by atoms with van der Waals surface area (Å²) >= 11 is 3.32. The number of carbonyl (C=O) groups is 1. The van der Waals surface area contributed by atoms with Crippen LogP contribution in [0.2, 0.25) is 0 Å². The van der Waals surface area contributed by atoms with E-state index < -0.39 is 0 Å². The molecule has 0 spiro atoms. The third-order valence-corrected chi connectivity index (χ3v) is 2.73. The van der Waals surface area contributed by atoms with Crippen molar-refractivity contribution >= 4 is 21.8 Å². The van der Waals surface area contributed by atoms with Crippen molar-refractivity contribution in [3.8, 4) is 5.75 Å². The Hall–Kier alpha value is -1.07. The monoisotopic (exact) mass is 301 g/mol. The smallest absolute Gasteiger partial charge is 0.257 e. The molecule has 0 saturated carbocycles. The summed E-state index contributed by atoms with van der Waals surface area (Å²) in [6.07, 6.45) is 0.903. The van der Waals surface area contributed by atoms with Crippen molar-refractivity contribution in [2.24, 2.45) is 0 Å². The zero-order chi connectivity index (χ0) is 12.7. The Labute approximate surface area is 109 Å². The van der Waals surface area contributed by atoms with Gasteiger partial charge in [-0.15, -0.1) is 0 Å². The van der Waals surface area contributed by atoms with Crippen molar-refractivity contribution in [3.05, 3.63) is 28.2 Å². The van der Waals surface area contributed by atoms with E-state index in [-0.39, 0.29) is 19.1 Å². The van der Waals surface area contributed by atoms with Gasteiger partial charge in [0.05, 0.1) is 11.1 Å². The van der Waals surface area contributed by atoms with E-state index in [1.54, 1.807) is 18.2 Å². The summed E-state index contributed by atoms with van der Waals surface area (Å²) in [5.41, 5.74) is 0.791. The summed E-state index contributed by atoms with van der Waals surface area (Å²) in [7, 11) is 0. The Kier molecular flexibility index (Phi) is 6.00.